The average Bonchev–Trinajstić information content (AvgIpc) is 3.30. The zero-order chi connectivity index (χ0) is 19.2. The van der Waals surface area contributed by atoms with Crippen LogP contribution in [0.5, 0.6) is 0 Å². The molecule has 27 heavy (non-hydrogen) atoms. The van der Waals surface area contributed by atoms with Crippen LogP contribution >= 0.6 is 0 Å². The summed E-state index contributed by atoms with van der Waals surface area (Å²) in [6.07, 6.45) is 13.8. The van der Waals surface area contributed by atoms with Gasteiger partial charge in [-0.25, -0.2) is 0 Å². The van der Waals surface area contributed by atoms with Crippen LogP contribution in [-0.2, 0) is 19.1 Å². The Labute approximate surface area is 158 Å². The summed E-state index contributed by atoms with van der Waals surface area (Å²) >= 11 is 0. The van der Waals surface area contributed by atoms with Crippen molar-refractivity contribution in [2.75, 3.05) is 13.6 Å². The number of carbonyl (C=O) groups excluding carboxylic acids is 3. The van der Waals surface area contributed by atoms with Gasteiger partial charge in [0, 0.05) is 13.1 Å². The summed E-state index contributed by atoms with van der Waals surface area (Å²) in [7, 11) is 1.54. The Morgan fingerprint density at radius 1 is 1.33 bits per heavy atom. The van der Waals surface area contributed by atoms with E-state index < -0.39 is 29.6 Å². The minimum Gasteiger partial charge on any atom is -0.359 e. The van der Waals surface area contributed by atoms with Crippen molar-refractivity contribution in [2.45, 2.75) is 55.9 Å². The summed E-state index contributed by atoms with van der Waals surface area (Å²) in [5, 5.41) is 5.72. The van der Waals surface area contributed by atoms with Crippen LogP contribution < -0.4 is 10.6 Å². The number of rotatable bonds is 4. The molecule has 0 aromatic carbocycles. The van der Waals surface area contributed by atoms with Crippen LogP contribution in [0.15, 0.2) is 12.2 Å². The van der Waals surface area contributed by atoms with E-state index in [1.54, 1.807) is 12.2 Å². The molecule has 2 N–H and O–H groups in total. The summed E-state index contributed by atoms with van der Waals surface area (Å²) in [5.74, 6) is 0.346. The number of amides is 3. The lowest BCUT2D eigenvalue weighted by molar-refractivity contribution is -0.141. The predicted molar refractivity (Wildman–Crippen MR) is 97.1 cm³/mol. The topological polar surface area (TPSA) is 87.7 Å². The summed E-state index contributed by atoms with van der Waals surface area (Å²) in [6.45, 7) is 0.0160. The van der Waals surface area contributed by atoms with E-state index in [0.29, 0.717) is 0 Å². The predicted octanol–water partition coefficient (Wildman–Crippen LogP) is -0.0349. The first-order valence-corrected chi connectivity index (χ1v) is 9.66. The lowest BCUT2D eigenvalue weighted by atomic mass is 9.74. The Hall–Kier alpha value is -2.33. The van der Waals surface area contributed by atoms with Gasteiger partial charge in [0.05, 0.1) is 24.5 Å². The zero-order valence-electron chi connectivity index (χ0n) is 15.4. The number of nitrogens with one attached hydrogen (secondary N) is 2. The lowest BCUT2D eigenvalue weighted by Gasteiger charge is -2.33. The van der Waals surface area contributed by atoms with E-state index in [0.717, 1.165) is 25.7 Å². The van der Waals surface area contributed by atoms with Gasteiger partial charge in [0.25, 0.3) is 0 Å². The van der Waals surface area contributed by atoms with Gasteiger partial charge in [-0.3, -0.25) is 14.4 Å². The van der Waals surface area contributed by atoms with Gasteiger partial charge in [0.15, 0.2) is 0 Å². The molecule has 7 heteroatoms. The largest absolute Gasteiger partial charge is 0.359 e. The maximum absolute atomic E-state index is 13.2. The highest BCUT2D eigenvalue weighted by molar-refractivity contribution is 6.00. The molecular formula is C20H25N3O4. The van der Waals surface area contributed by atoms with Crippen molar-refractivity contribution in [1.82, 2.24) is 15.5 Å². The fourth-order valence-electron chi connectivity index (χ4n) is 5.23. The van der Waals surface area contributed by atoms with Crippen molar-refractivity contribution in [3.8, 4) is 12.3 Å². The third-order valence-corrected chi connectivity index (χ3v) is 6.38. The fraction of sp³-hybridized carbons (Fsp3) is 0.650. The number of carbonyl (C=O) groups is 3. The highest BCUT2D eigenvalue weighted by Crippen LogP contribution is 2.54. The molecule has 2 bridgehead atoms. The number of terminal acetylenes is 1. The van der Waals surface area contributed by atoms with Gasteiger partial charge >= 0.3 is 0 Å². The highest BCUT2D eigenvalue weighted by Gasteiger charge is 2.72. The molecule has 3 fully saturated rings. The number of nitrogens with zero attached hydrogens (tertiary/aromatic N) is 1. The Bertz CT molecular complexity index is 736. The summed E-state index contributed by atoms with van der Waals surface area (Å²) < 4.78 is 6.13. The van der Waals surface area contributed by atoms with Gasteiger partial charge < -0.3 is 20.3 Å². The van der Waals surface area contributed by atoms with E-state index in [-0.39, 0.29) is 30.3 Å². The van der Waals surface area contributed by atoms with Crippen molar-refractivity contribution in [1.29, 1.82) is 0 Å². The number of hydrogen-bond donors (Lipinski definition) is 2. The molecule has 1 aliphatic carbocycles. The maximum atomic E-state index is 13.2. The normalized spacial score (nSPS) is 37.2. The SMILES string of the molecule is C#CCN1C(=O)C2C(C(=O)NC)C3C=CC2(O3)C1C(=O)NC1CCCCC1. The quantitative estimate of drug-likeness (QED) is 0.536. The molecular weight excluding hydrogens is 346 g/mol. The van der Waals surface area contributed by atoms with Crippen molar-refractivity contribution >= 4 is 17.7 Å². The molecule has 7 nitrogen and oxygen atoms in total. The number of fused-ring (bicyclic) bond motifs is 1. The van der Waals surface area contributed by atoms with Crippen molar-refractivity contribution in [2.24, 2.45) is 11.8 Å². The van der Waals surface area contributed by atoms with Gasteiger partial charge in [-0.1, -0.05) is 37.3 Å². The van der Waals surface area contributed by atoms with Gasteiger partial charge in [-0.05, 0) is 12.8 Å². The van der Waals surface area contributed by atoms with Crippen LogP contribution in [0.25, 0.3) is 0 Å². The Balaban J connectivity index is 1.66. The molecule has 144 valence electrons. The molecule has 4 aliphatic rings. The summed E-state index contributed by atoms with van der Waals surface area (Å²) in [5.41, 5.74) is -1.12. The van der Waals surface area contributed by atoms with E-state index in [1.165, 1.54) is 18.4 Å². The van der Waals surface area contributed by atoms with Crippen LogP contribution in [0.4, 0.5) is 0 Å². The smallest absolute Gasteiger partial charge is 0.246 e. The lowest BCUT2D eigenvalue weighted by Crippen LogP contribution is -2.56. The minimum absolute atomic E-state index is 0.0160. The second-order valence-electron chi connectivity index (χ2n) is 7.83. The molecule has 1 spiro atoms. The van der Waals surface area contributed by atoms with Crippen LogP contribution in [0.2, 0.25) is 0 Å². The molecule has 0 aromatic rings. The van der Waals surface area contributed by atoms with Crippen LogP contribution in [0.1, 0.15) is 32.1 Å². The van der Waals surface area contributed by atoms with Crippen molar-refractivity contribution < 1.29 is 19.1 Å². The van der Waals surface area contributed by atoms with E-state index in [1.807, 2.05) is 0 Å². The second-order valence-corrected chi connectivity index (χ2v) is 7.83. The number of ether oxygens (including phenoxy) is 1. The first-order valence-electron chi connectivity index (χ1n) is 9.66. The van der Waals surface area contributed by atoms with Crippen LogP contribution in [-0.4, -0.2) is 60.0 Å². The highest BCUT2D eigenvalue weighted by atomic mass is 16.5. The van der Waals surface area contributed by atoms with E-state index >= 15 is 0 Å². The Morgan fingerprint density at radius 3 is 2.74 bits per heavy atom. The monoisotopic (exact) mass is 371 g/mol. The second kappa shape index (κ2) is 6.68. The molecule has 2 saturated heterocycles. The zero-order valence-corrected chi connectivity index (χ0v) is 15.4. The molecule has 0 radical (unpaired) electrons. The molecule has 1 saturated carbocycles. The van der Waals surface area contributed by atoms with Gasteiger partial charge in [0.2, 0.25) is 17.7 Å². The molecule has 5 atom stereocenters. The van der Waals surface area contributed by atoms with E-state index in [9.17, 15) is 14.4 Å². The molecule has 3 amide bonds. The molecule has 5 unspecified atom stereocenters. The van der Waals surface area contributed by atoms with E-state index in [2.05, 4.69) is 16.6 Å². The standard InChI is InChI=1S/C20H25N3O4/c1-3-11-23-16(18(25)22-12-7-5-4-6-8-12)20-10-9-13(27-20)14(17(24)21-2)15(20)19(23)26/h1,9-10,12-16H,4-8,11H2,2H3,(H,21,24)(H,22,25). The average molecular weight is 371 g/mol. The van der Waals surface area contributed by atoms with Crippen LogP contribution in [0.3, 0.4) is 0 Å². The Kier molecular flexibility index (Phi) is 4.47. The molecule has 3 heterocycles. The van der Waals surface area contributed by atoms with Crippen molar-refractivity contribution in [3.05, 3.63) is 12.2 Å². The Morgan fingerprint density at radius 2 is 2.07 bits per heavy atom. The fourth-order valence-corrected chi connectivity index (χ4v) is 5.23. The van der Waals surface area contributed by atoms with Gasteiger partial charge in [0.1, 0.15) is 11.6 Å². The third-order valence-electron chi connectivity index (χ3n) is 6.38. The van der Waals surface area contributed by atoms with Crippen molar-refractivity contribution in [3.63, 3.8) is 0 Å². The summed E-state index contributed by atoms with van der Waals surface area (Å²) in [6, 6.07) is -0.731. The van der Waals surface area contributed by atoms with Gasteiger partial charge in [-0.2, -0.15) is 0 Å². The minimum atomic E-state index is -1.12. The third kappa shape index (κ3) is 2.58. The summed E-state index contributed by atoms with van der Waals surface area (Å²) in [4.78, 5) is 40.2. The van der Waals surface area contributed by atoms with Gasteiger partial charge in [-0.15, -0.1) is 6.42 Å². The number of hydrogen-bond acceptors (Lipinski definition) is 4. The first kappa shape index (κ1) is 18.1. The van der Waals surface area contributed by atoms with Crippen LogP contribution in [0, 0.1) is 24.2 Å². The first-order chi connectivity index (χ1) is 13.0. The maximum Gasteiger partial charge on any atom is 0.246 e. The molecule has 0 aromatic heterocycles. The molecule has 3 aliphatic heterocycles. The number of likely N-dealkylation sites (tertiary alicyclic amines) is 1. The van der Waals surface area contributed by atoms with E-state index in [4.69, 9.17) is 11.2 Å². The molecule has 4 rings (SSSR count).